The Labute approximate surface area is 114 Å². The molecular formula is C14H19NO3S. The summed E-state index contributed by atoms with van der Waals surface area (Å²) in [4.78, 5) is 0.379. The summed E-state index contributed by atoms with van der Waals surface area (Å²) in [6.07, 6.45) is 2.21. The predicted octanol–water partition coefficient (Wildman–Crippen LogP) is 1.94. The lowest BCUT2D eigenvalue weighted by Crippen LogP contribution is -2.40. The molecule has 19 heavy (non-hydrogen) atoms. The minimum atomic E-state index is -3.40. The summed E-state index contributed by atoms with van der Waals surface area (Å²) in [6, 6.07) is 7.10. The van der Waals surface area contributed by atoms with Crippen LogP contribution in [0.25, 0.3) is 0 Å². The first kappa shape index (κ1) is 13.1. The van der Waals surface area contributed by atoms with E-state index in [1.807, 2.05) is 26.0 Å². The number of fused-ring (bicyclic) bond motifs is 1. The van der Waals surface area contributed by atoms with Crippen LogP contribution in [0, 0.1) is 6.92 Å². The van der Waals surface area contributed by atoms with Crippen molar-refractivity contribution >= 4 is 10.0 Å². The van der Waals surface area contributed by atoms with E-state index in [1.54, 1.807) is 16.4 Å². The standard InChI is InChI=1S/C14H19NO3S/c1-10-3-6-12(7-4-10)19(16,17)15-9-14-13(18-14)8-5-11(15)2/h3-4,6-7,11,13-14H,5,8-9H2,1-2H3/t11-,13+,14-/m1/s1. The van der Waals surface area contributed by atoms with Crippen molar-refractivity contribution in [3.05, 3.63) is 29.8 Å². The number of hydrogen-bond acceptors (Lipinski definition) is 3. The molecule has 1 aromatic carbocycles. The molecule has 2 heterocycles. The molecule has 0 spiro atoms. The van der Waals surface area contributed by atoms with Gasteiger partial charge in [0.25, 0.3) is 0 Å². The predicted molar refractivity (Wildman–Crippen MR) is 72.4 cm³/mol. The van der Waals surface area contributed by atoms with E-state index in [2.05, 4.69) is 0 Å². The maximum absolute atomic E-state index is 12.7. The van der Waals surface area contributed by atoms with Gasteiger partial charge in [0.05, 0.1) is 17.1 Å². The lowest BCUT2D eigenvalue weighted by atomic mass is 10.1. The van der Waals surface area contributed by atoms with Gasteiger partial charge in [-0.05, 0) is 38.8 Å². The maximum Gasteiger partial charge on any atom is 0.243 e. The molecule has 5 heteroatoms. The van der Waals surface area contributed by atoms with Crippen LogP contribution in [0.1, 0.15) is 25.3 Å². The average Bonchev–Trinajstić information content (AvgIpc) is 3.12. The zero-order chi connectivity index (χ0) is 13.6. The highest BCUT2D eigenvalue weighted by Gasteiger charge is 2.46. The summed E-state index contributed by atoms with van der Waals surface area (Å²) in [7, 11) is -3.40. The molecule has 3 atom stereocenters. The van der Waals surface area contributed by atoms with E-state index in [0.717, 1.165) is 18.4 Å². The molecule has 0 radical (unpaired) electrons. The normalized spacial score (nSPS) is 31.6. The average molecular weight is 281 g/mol. The van der Waals surface area contributed by atoms with Crippen molar-refractivity contribution in [3.8, 4) is 0 Å². The summed E-state index contributed by atoms with van der Waals surface area (Å²) in [5.74, 6) is 0. The number of sulfonamides is 1. The van der Waals surface area contributed by atoms with Crippen LogP contribution in [-0.4, -0.2) is 37.5 Å². The molecule has 2 aliphatic rings. The first-order chi connectivity index (χ1) is 8.98. The van der Waals surface area contributed by atoms with Crippen molar-refractivity contribution in [1.29, 1.82) is 0 Å². The largest absolute Gasteiger partial charge is 0.368 e. The van der Waals surface area contributed by atoms with Crippen LogP contribution in [0.4, 0.5) is 0 Å². The molecule has 0 aliphatic carbocycles. The minimum Gasteiger partial charge on any atom is -0.368 e. The maximum atomic E-state index is 12.7. The Bertz CT molecular complexity index is 567. The van der Waals surface area contributed by atoms with E-state index < -0.39 is 10.0 Å². The zero-order valence-corrected chi connectivity index (χ0v) is 12.1. The van der Waals surface area contributed by atoms with Crippen LogP contribution in [-0.2, 0) is 14.8 Å². The van der Waals surface area contributed by atoms with Crippen molar-refractivity contribution in [3.63, 3.8) is 0 Å². The fourth-order valence-corrected chi connectivity index (χ4v) is 4.35. The lowest BCUT2D eigenvalue weighted by Gasteiger charge is -2.26. The Morgan fingerprint density at radius 2 is 1.84 bits per heavy atom. The fourth-order valence-electron chi connectivity index (χ4n) is 2.68. The van der Waals surface area contributed by atoms with Gasteiger partial charge in [-0.2, -0.15) is 4.31 Å². The number of nitrogens with zero attached hydrogens (tertiary/aromatic N) is 1. The van der Waals surface area contributed by atoms with Crippen LogP contribution in [0.15, 0.2) is 29.2 Å². The second-order valence-electron chi connectivity index (χ2n) is 5.53. The Kier molecular flexibility index (Phi) is 3.15. The van der Waals surface area contributed by atoms with E-state index in [4.69, 9.17) is 4.74 Å². The number of hydrogen-bond donors (Lipinski definition) is 0. The Balaban J connectivity index is 1.91. The number of ether oxygens (including phenoxy) is 1. The van der Waals surface area contributed by atoms with E-state index in [-0.39, 0.29) is 18.2 Å². The highest BCUT2D eigenvalue weighted by atomic mass is 32.2. The van der Waals surface area contributed by atoms with Crippen molar-refractivity contribution in [2.75, 3.05) is 6.54 Å². The number of aryl methyl sites for hydroxylation is 1. The molecule has 0 amide bonds. The Hall–Kier alpha value is -0.910. The van der Waals surface area contributed by atoms with Gasteiger partial charge >= 0.3 is 0 Å². The van der Waals surface area contributed by atoms with Crippen LogP contribution in [0.3, 0.4) is 0 Å². The van der Waals surface area contributed by atoms with Crippen LogP contribution < -0.4 is 0 Å². The summed E-state index contributed by atoms with van der Waals surface area (Å²) in [5.41, 5.74) is 1.06. The van der Waals surface area contributed by atoms with Crippen molar-refractivity contribution in [2.24, 2.45) is 0 Å². The second-order valence-corrected chi connectivity index (χ2v) is 7.42. The van der Waals surface area contributed by atoms with Crippen LogP contribution >= 0.6 is 0 Å². The van der Waals surface area contributed by atoms with Gasteiger partial charge in [-0.3, -0.25) is 0 Å². The molecule has 104 valence electrons. The van der Waals surface area contributed by atoms with Gasteiger partial charge in [0.15, 0.2) is 0 Å². The van der Waals surface area contributed by atoms with Gasteiger partial charge in [-0.25, -0.2) is 8.42 Å². The molecular weight excluding hydrogens is 262 g/mol. The number of benzene rings is 1. The third-order valence-corrected chi connectivity index (χ3v) is 6.03. The molecule has 2 saturated heterocycles. The Morgan fingerprint density at radius 1 is 1.16 bits per heavy atom. The summed E-state index contributed by atoms with van der Waals surface area (Å²) < 4.78 is 32.5. The first-order valence-electron chi connectivity index (χ1n) is 6.72. The quantitative estimate of drug-likeness (QED) is 0.778. The van der Waals surface area contributed by atoms with Gasteiger partial charge in [-0.15, -0.1) is 0 Å². The smallest absolute Gasteiger partial charge is 0.243 e. The number of epoxide rings is 1. The number of rotatable bonds is 2. The monoisotopic (exact) mass is 281 g/mol. The summed E-state index contributed by atoms with van der Waals surface area (Å²) >= 11 is 0. The van der Waals surface area contributed by atoms with Crippen molar-refractivity contribution in [2.45, 2.75) is 49.8 Å². The van der Waals surface area contributed by atoms with Gasteiger partial charge < -0.3 is 4.74 Å². The van der Waals surface area contributed by atoms with Crippen LogP contribution in [0.2, 0.25) is 0 Å². The minimum absolute atomic E-state index is 0.0442. The molecule has 0 unspecified atom stereocenters. The van der Waals surface area contributed by atoms with E-state index in [0.29, 0.717) is 11.4 Å². The molecule has 3 rings (SSSR count). The van der Waals surface area contributed by atoms with Gasteiger partial charge in [-0.1, -0.05) is 17.7 Å². The molecule has 2 aliphatic heterocycles. The highest BCUT2D eigenvalue weighted by molar-refractivity contribution is 7.89. The SMILES string of the molecule is Cc1ccc(S(=O)(=O)N2C[C@H]3O[C@H]3CC[C@H]2C)cc1. The van der Waals surface area contributed by atoms with Gasteiger partial charge in [0.2, 0.25) is 10.0 Å². The third kappa shape index (κ3) is 2.42. The molecule has 4 nitrogen and oxygen atoms in total. The molecule has 2 fully saturated rings. The van der Waals surface area contributed by atoms with Gasteiger partial charge in [0, 0.05) is 12.6 Å². The van der Waals surface area contributed by atoms with Crippen molar-refractivity contribution < 1.29 is 13.2 Å². The first-order valence-corrected chi connectivity index (χ1v) is 8.16. The van der Waals surface area contributed by atoms with E-state index in [1.165, 1.54) is 0 Å². The van der Waals surface area contributed by atoms with E-state index in [9.17, 15) is 8.42 Å². The fraction of sp³-hybridized carbons (Fsp3) is 0.571. The van der Waals surface area contributed by atoms with Gasteiger partial charge in [0.1, 0.15) is 0 Å². The molecule has 0 N–H and O–H groups in total. The summed E-state index contributed by atoms with van der Waals surface area (Å²) in [6.45, 7) is 4.42. The molecule has 1 aromatic rings. The highest BCUT2D eigenvalue weighted by Crippen LogP contribution is 2.35. The summed E-state index contributed by atoms with van der Waals surface area (Å²) in [5, 5.41) is 0. The zero-order valence-electron chi connectivity index (χ0n) is 11.2. The topological polar surface area (TPSA) is 49.9 Å². The van der Waals surface area contributed by atoms with E-state index >= 15 is 0 Å². The lowest BCUT2D eigenvalue weighted by molar-refractivity contribution is 0.256. The molecule has 0 aromatic heterocycles. The molecule has 0 saturated carbocycles. The molecule has 0 bridgehead atoms. The van der Waals surface area contributed by atoms with Crippen LogP contribution in [0.5, 0.6) is 0 Å². The van der Waals surface area contributed by atoms with Crippen molar-refractivity contribution in [1.82, 2.24) is 4.31 Å². The Morgan fingerprint density at radius 3 is 2.53 bits per heavy atom. The second kappa shape index (κ2) is 4.58. The third-order valence-electron chi connectivity index (χ3n) is 4.04.